The molecule has 7 heteroatoms. The van der Waals surface area contributed by atoms with Gasteiger partial charge in [0.25, 0.3) is 0 Å². The van der Waals surface area contributed by atoms with E-state index in [1.54, 1.807) is 11.7 Å². The van der Waals surface area contributed by atoms with Crippen LogP contribution in [0.3, 0.4) is 0 Å². The van der Waals surface area contributed by atoms with Crippen LogP contribution in [0.5, 0.6) is 11.5 Å². The zero-order valence-corrected chi connectivity index (χ0v) is 13.4. The van der Waals surface area contributed by atoms with E-state index < -0.39 is 0 Å². The maximum Gasteiger partial charge on any atom is 0.231 e. The second-order valence-electron chi connectivity index (χ2n) is 5.31. The smallest absolute Gasteiger partial charge is 0.231 e. The van der Waals surface area contributed by atoms with Crippen molar-refractivity contribution in [3.63, 3.8) is 0 Å². The number of hydrogen-bond acceptors (Lipinski definition) is 4. The van der Waals surface area contributed by atoms with Crippen LogP contribution >= 0.6 is 0 Å². The molecule has 0 aliphatic carbocycles. The number of aryl methyl sites for hydroxylation is 1. The third-order valence-corrected chi connectivity index (χ3v) is 3.59. The summed E-state index contributed by atoms with van der Waals surface area (Å²) in [6, 6.07) is 6.03. The molecule has 1 aromatic carbocycles. The van der Waals surface area contributed by atoms with E-state index in [4.69, 9.17) is 9.47 Å². The van der Waals surface area contributed by atoms with Crippen LogP contribution in [0, 0.1) is 0 Å². The highest BCUT2D eigenvalue weighted by Gasteiger charge is 2.12. The van der Waals surface area contributed by atoms with Gasteiger partial charge in [0.15, 0.2) is 17.5 Å². The van der Waals surface area contributed by atoms with Gasteiger partial charge in [0, 0.05) is 38.9 Å². The Bertz CT molecular complexity index is 696. The van der Waals surface area contributed by atoms with Crippen LogP contribution in [0.1, 0.15) is 11.1 Å². The summed E-state index contributed by atoms with van der Waals surface area (Å²) in [4.78, 5) is 4.22. The summed E-state index contributed by atoms with van der Waals surface area (Å²) in [5, 5.41) is 10.7. The van der Waals surface area contributed by atoms with Crippen LogP contribution in [-0.2, 0) is 20.0 Å². The van der Waals surface area contributed by atoms with Crippen molar-refractivity contribution in [3.8, 4) is 11.5 Å². The van der Waals surface area contributed by atoms with E-state index in [2.05, 4.69) is 26.8 Å². The van der Waals surface area contributed by atoms with Gasteiger partial charge in [-0.25, -0.2) is 0 Å². The predicted octanol–water partition coefficient (Wildman–Crippen LogP) is 1.06. The number of rotatable bonds is 5. The normalized spacial score (nSPS) is 13.2. The molecule has 1 aromatic heterocycles. The zero-order chi connectivity index (χ0) is 16.1. The zero-order valence-electron chi connectivity index (χ0n) is 13.4. The molecule has 0 unspecified atom stereocenters. The molecule has 2 N–H and O–H groups in total. The fourth-order valence-electron chi connectivity index (χ4n) is 2.39. The standard InChI is InChI=1S/C16H21N5O2/c1-17-16(19-8-13-9-20-21(2)10-13)18-6-5-12-3-4-14-15(7-12)23-11-22-14/h3-4,7,9-10H,5-6,8,11H2,1-2H3,(H2,17,18,19). The molecule has 0 atom stereocenters. The molecule has 0 radical (unpaired) electrons. The molecular weight excluding hydrogens is 294 g/mol. The number of aromatic nitrogens is 2. The van der Waals surface area contributed by atoms with Crippen LogP contribution in [-0.4, -0.2) is 36.1 Å². The average Bonchev–Trinajstić information content (AvgIpc) is 3.18. The van der Waals surface area contributed by atoms with Crippen LogP contribution in [0.15, 0.2) is 35.6 Å². The Hall–Kier alpha value is -2.70. The first-order valence-corrected chi connectivity index (χ1v) is 7.55. The Morgan fingerprint density at radius 2 is 2.13 bits per heavy atom. The van der Waals surface area contributed by atoms with Gasteiger partial charge in [-0.05, 0) is 24.1 Å². The Kier molecular flexibility index (Phi) is 4.65. The first-order chi connectivity index (χ1) is 11.2. The van der Waals surface area contributed by atoms with Crippen molar-refractivity contribution in [1.29, 1.82) is 0 Å². The third-order valence-electron chi connectivity index (χ3n) is 3.59. The highest BCUT2D eigenvalue weighted by molar-refractivity contribution is 5.79. The molecule has 0 amide bonds. The van der Waals surface area contributed by atoms with Gasteiger partial charge in [-0.2, -0.15) is 5.10 Å². The van der Waals surface area contributed by atoms with Gasteiger partial charge in [0.1, 0.15) is 0 Å². The molecule has 0 saturated carbocycles. The lowest BCUT2D eigenvalue weighted by molar-refractivity contribution is 0.174. The summed E-state index contributed by atoms with van der Waals surface area (Å²) in [7, 11) is 3.67. The van der Waals surface area contributed by atoms with Crippen molar-refractivity contribution >= 4 is 5.96 Å². The fourth-order valence-corrected chi connectivity index (χ4v) is 2.39. The van der Waals surface area contributed by atoms with Crippen molar-refractivity contribution in [3.05, 3.63) is 41.7 Å². The summed E-state index contributed by atoms with van der Waals surface area (Å²) in [6.45, 7) is 1.78. The summed E-state index contributed by atoms with van der Waals surface area (Å²) in [5.41, 5.74) is 2.32. The van der Waals surface area contributed by atoms with Gasteiger partial charge in [-0.15, -0.1) is 0 Å². The first-order valence-electron chi connectivity index (χ1n) is 7.55. The lowest BCUT2D eigenvalue weighted by atomic mass is 10.1. The highest BCUT2D eigenvalue weighted by Crippen LogP contribution is 2.32. The number of ether oxygens (including phenoxy) is 2. The number of guanidine groups is 1. The van der Waals surface area contributed by atoms with E-state index in [1.165, 1.54) is 5.56 Å². The van der Waals surface area contributed by atoms with E-state index in [9.17, 15) is 0 Å². The topological polar surface area (TPSA) is 72.7 Å². The number of aliphatic imine (C=N–C) groups is 1. The molecule has 23 heavy (non-hydrogen) atoms. The Morgan fingerprint density at radius 3 is 2.91 bits per heavy atom. The van der Waals surface area contributed by atoms with Crippen molar-refractivity contribution in [2.45, 2.75) is 13.0 Å². The molecule has 2 aromatic rings. The second kappa shape index (κ2) is 7.04. The van der Waals surface area contributed by atoms with Crippen LogP contribution in [0.25, 0.3) is 0 Å². The Morgan fingerprint density at radius 1 is 1.26 bits per heavy atom. The van der Waals surface area contributed by atoms with E-state index in [-0.39, 0.29) is 0 Å². The molecule has 1 aliphatic rings. The van der Waals surface area contributed by atoms with E-state index in [1.807, 2.05) is 31.6 Å². The average molecular weight is 315 g/mol. The van der Waals surface area contributed by atoms with Gasteiger partial charge < -0.3 is 20.1 Å². The number of fused-ring (bicyclic) bond motifs is 1. The molecule has 7 nitrogen and oxygen atoms in total. The second-order valence-corrected chi connectivity index (χ2v) is 5.31. The minimum Gasteiger partial charge on any atom is -0.454 e. The summed E-state index contributed by atoms with van der Waals surface area (Å²) in [6.07, 6.45) is 4.70. The monoisotopic (exact) mass is 315 g/mol. The largest absolute Gasteiger partial charge is 0.454 e. The summed E-state index contributed by atoms with van der Waals surface area (Å²) >= 11 is 0. The highest BCUT2D eigenvalue weighted by atomic mass is 16.7. The maximum atomic E-state index is 5.39. The van der Waals surface area contributed by atoms with Gasteiger partial charge in [0.05, 0.1) is 6.20 Å². The molecule has 3 rings (SSSR count). The Labute approximate surface area is 135 Å². The quantitative estimate of drug-likeness (QED) is 0.637. The molecule has 1 aliphatic heterocycles. The molecule has 0 spiro atoms. The van der Waals surface area contributed by atoms with Gasteiger partial charge in [0.2, 0.25) is 6.79 Å². The van der Waals surface area contributed by atoms with E-state index >= 15 is 0 Å². The summed E-state index contributed by atoms with van der Waals surface area (Å²) in [5.74, 6) is 2.41. The lowest BCUT2D eigenvalue weighted by Gasteiger charge is -2.11. The Balaban J connectivity index is 1.45. The van der Waals surface area contributed by atoms with E-state index in [0.717, 1.165) is 36.0 Å². The van der Waals surface area contributed by atoms with Crippen LogP contribution in [0.4, 0.5) is 0 Å². The van der Waals surface area contributed by atoms with Gasteiger partial charge in [-0.3, -0.25) is 9.67 Å². The van der Waals surface area contributed by atoms with Gasteiger partial charge in [-0.1, -0.05) is 6.07 Å². The number of hydrogen-bond donors (Lipinski definition) is 2. The van der Waals surface area contributed by atoms with Crippen LogP contribution in [0.2, 0.25) is 0 Å². The third kappa shape index (κ3) is 3.94. The van der Waals surface area contributed by atoms with Gasteiger partial charge >= 0.3 is 0 Å². The predicted molar refractivity (Wildman–Crippen MR) is 87.7 cm³/mol. The molecule has 2 heterocycles. The minimum atomic E-state index is 0.307. The SMILES string of the molecule is CN=C(NCCc1ccc2c(c1)OCO2)NCc1cnn(C)c1. The molecular formula is C16H21N5O2. The first kappa shape index (κ1) is 15.2. The maximum absolute atomic E-state index is 5.39. The molecule has 0 bridgehead atoms. The minimum absolute atomic E-state index is 0.307. The van der Waals surface area contributed by atoms with E-state index in [0.29, 0.717) is 13.3 Å². The van der Waals surface area contributed by atoms with Crippen molar-refractivity contribution < 1.29 is 9.47 Å². The summed E-state index contributed by atoms with van der Waals surface area (Å²) < 4.78 is 12.5. The van der Waals surface area contributed by atoms with Crippen LogP contribution < -0.4 is 20.1 Å². The van der Waals surface area contributed by atoms with Crippen molar-refractivity contribution in [2.24, 2.45) is 12.0 Å². The number of nitrogens with one attached hydrogen (secondary N) is 2. The fraction of sp³-hybridized carbons (Fsp3) is 0.375. The number of nitrogens with zero attached hydrogens (tertiary/aromatic N) is 3. The van der Waals surface area contributed by atoms with Crippen molar-refractivity contribution in [2.75, 3.05) is 20.4 Å². The molecule has 0 fully saturated rings. The lowest BCUT2D eigenvalue weighted by Crippen LogP contribution is -2.37. The molecule has 122 valence electrons. The number of benzene rings is 1. The van der Waals surface area contributed by atoms with Crippen molar-refractivity contribution in [1.82, 2.24) is 20.4 Å². The molecule has 0 saturated heterocycles.